The summed E-state index contributed by atoms with van der Waals surface area (Å²) in [5, 5.41) is 0. The summed E-state index contributed by atoms with van der Waals surface area (Å²) in [6, 6.07) is 8.11. The summed E-state index contributed by atoms with van der Waals surface area (Å²) in [6.45, 7) is 3.57. The first-order valence-electron chi connectivity index (χ1n) is 4.80. The van der Waals surface area contributed by atoms with Gasteiger partial charge in [0.25, 0.3) is 0 Å². The van der Waals surface area contributed by atoms with Crippen LogP contribution in [-0.4, -0.2) is 24.7 Å². The molecular weight excluding hydrogens is 194 g/mol. The molecule has 2 nitrogen and oxygen atoms in total. The van der Waals surface area contributed by atoms with Crippen molar-refractivity contribution >= 4 is 11.8 Å². The van der Waals surface area contributed by atoms with Crippen molar-refractivity contribution in [1.82, 2.24) is 0 Å². The summed E-state index contributed by atoms with van der Waals surface area (Å²) in [7, 11) is 0. The molecule has 14 heavy (non-hydrogen) atoms. The minimum absolute atomic E-state index is 0.745. The molecule has 0 radical (unpaired) electrons. The van der Waals surface area contributed by atoms with Crippen molar-refractivity contribution in [3.8, 4) is 5.75 Å². The lowest BCUT2D eigenvalue weighted by Gasteiger charge is -2.05. The fraction of sp³-hybridized carbons (Fsp3) is 0.455. The smallest absolute Gasteiger partial charge is 0.119 e. The topological polar surface area (TPSA) is 35.2 Å². The van der Waals surface area contributed by atoms with Gasteiger partial charge in [0.1, 0.15) is 5.75 Å². The second-order valence-electron chi connectivity index (χ2n) is 3.07. The first-order valence-corrected chi connectivity index (χ1v) is 5.95. The zero-order valence-corrected chi connectivity index (χ0v) is 9.35. The van der Waals surface area contributed by atoms with Crippen LogP contribution in [0.1, 0.15) is 5.56 Å². The number of rotatable bonds is 6. The van der Waals surface area contributed by atoms with Crippen LogP contribution >= 0.6 is 11.8 Å². The van der Waals surface area contributed by atoms with Gasteiger partial charge in [0.15, 0.2) is 0 Å². The largest absolute Gasteiger partial charge is 0.493 e. The van der Waals surface area contributed by atoms with Gasteiger partial charge in [-0.25, -0.2) is 0 Å². The molecule has 1 rings (SSSR count). The third kappa shape index (κ3) is 4.53. The van der Waals surface area contributed by atoms with E-state index >= 15 is 0 Å². The summed E-state index contributed by atoms with van der Waals surface area (Å²) in [5.74, 6) is 2.97. The lowest BCUT2D eigenvalue weighted by molar-refractivity contribution is 0.344. The molecule has 0 unspecified atom stereocenters. The van der Waals surface area contributed by atoms with Crippen molar-refractivity contribution in [3.63, 3.8) is 0 Å². The molecule has 0 atom stereocenters. The van der Waals surface area contributed by atoms with E-state index in [1.54, 1.807) is 0 Å². The van der Waals surface area contributed by atoms with Gasteiger partial charge in [0.05, 0.1) is 6.61 Å². The van der Waals surface area contributed by atoms with Gasteiger partial charge in [-0.3, -0.25) is 0 Å². The molecule has 0 aliphatic heterocycles. The summed E-state index contributed by atoms with van der Waals surface area (Å²) in [4.78, 5) is 0. The lowest BCUT2D eigenvalue weighted by atomic mass is 10.2. The normalized spacial score (nSPS) is 10.1. The Labute approximate surface area is 89.8 Å². The first-order chi connectivity index (χ1) is 6.83. The molecule has 2 N–H and O–H groups in total. The summed E-state index contributed by atoms with van der Waals surface area (Å²) in [5.41, 5.74) is 6.61. The molecule has 0 saturated heterocycles. The van der Waals surface area contributed by atoms with Crippen molar-refractivity contribution in [2.24, 2.45) is 5.73 Å². The lowest BCUT2D eigenvalue weighted by Crippen LogP contribution is -2.05. The first kappa shape index (κ1) is 11.4. The van der Waals surface area contributed by atoms with Crippen molar-refractivity contribution < 1.29 is 4.74 Å². The molecular formula is C11H17NOS. The molecule has 0 heterocycles. The Balaban J connectivity index is 2.18. The fourth-order valence-corrected chi connectivity index (χ4v) is 1.68. The summed E-state index contributed by atoms with van der Waals surface area (Å²) < 4.78 is 5.57. The van der Waals surface area contributed by atoms with Crippen molar-refractivity contribution in [3.05, 3.63) is 29.8 Å². The van der Waals surface area contributed by atoms with E-state index in [0.29, 0.717) is 0 Å². The van der Waals surface area contributed by atoms with Crippen LogP contribution in [0.25, 0.3) is 0 Å². The molecule has 0 amide bonds. The van der Waals surface area contributed by atoms with Crippen LogP contribution in [0, 0.1) is 6.92 Å². The molecule has 78 valence electrons. The standard InChI is InChI=1S/C11H17NOS/c1-10-3-2-4-11(9-10)13-6-8-14-7-5-12/h2-4,9H,5-8,12H2,1H3. The molecule has 0 bridgehead atoms. The minimum Gasteiger partial charge on any atom is -0.493 e. The quantitative estimate of drug-likeness (QED) is 0.732. The van der Waals surface area contributed by atoms with Gasteiger partial charge < -0.3 is 10.5 Å². The van der Waals surface area contributed by atoms with Crippen LogP contribution in [0.2, 0.25) is 0 Å². The molecule has 1 aromatic carbocycles. The highest BCUT2D eigenvalue weighted by Gasteiger charge is 1.93. The Morgan fingerprint density at radius 1 is 1.36 bits per heavy atom. The van der Waals surface area contributed by atoms with E-state index in [1.165, 1.54) is 5.56 Å². The predicted molar refractivity (Wildman–Crippen MR) is 63.1 cm³/mol. The monoisotopic (exact) mass is 211 g/mol. The van der Waals surface area contributed by atoms with Gasteiger partial charge in [0.2, 0.25) is 0 Å². The van der Waals surface area contributed by atoms with E-state index in [0.717, 1.165) is 30.4 Å². The SMILES string of the molecule is Cc1cccc(OCCSCCN)c1. The highest BCUT2D eigenvalue weighted by molar-refractivity contribution is 7.99. The number of nitrogens with two attached hydrogens (primary N) is 1. The van der Waals surface area contributed by atoms with Gasteiger partial charge in [-0.15, -0.1) is 0 Å². The maximum absolute atomic E-state index is 5.57. The van der Waals surface area contributed by atoms with E-state index < -0.39 is 0 Å². The maximum atomic E-state index is 5.57. The zero-order valence-electron chi connectivity index (χ0n) is 8.53. The van der Waals surface area contributed by atoms with Gasteiger partial charge in [-0.05, 0) is 24.6 Å². The Kier molecular flexibility index (Phi) is 5.49. The van der Waals surface area contributed by atoms with Crippen molar-refractivity contribution in [1.29, 1.82) is 0 Å². The number of aryl methyl sites for hydroxylation is 1. The number of hydrogen-bond donors (Lipinski definition) is 1. The summed E-state index contributed by atoms with van der Waals surface area (Å²) >= 11 is 1.83. The number of benzene rings is 1. The molecule has 0 aliphatic rings. The predicted octanol–water partition coefficient (Wildman–Crippen LogP) is 2.07. The minimum atomic E-state index is 0.745. The van der Waals surface area contributed by atoms with Crippen LogP contribution in [0.3, 0.4) is 0 Å². The van der Waals surface area contributed by atoms with Gasteiger partial charge in [-0.1, -0.05) is 12.1 Å². The molecule has 0 fully saturated rings. The fourth-order valence-electron chi connectivity index (χ4n) is 1.11. The van der Waals surface area contributed by atoms with Crippen molar-refractivity contribution in [2.75, 3.05) is 24.7 Å². The van der Waals surface area contributed by atoms with Crippen LogP contribution < -0.4 is 10.5 Å². The zero-order chi connectivity index (χ0) is 10.2. The molecule has 0 aliphatic carbocycles. The maximum Gasteiger partial charge on any atom is 0.119 e. The van der Waals surface area contributed by atoms with Gasteiger partial charge in [0, 0.05) is 18.1 Å². The van der Waals surface area contributed by atoms with E-state index in [2.05, 4.69) is 13.0 Å². The van der Waals surface area contributed by atoms with E-state index in [4.69, 9.17) is 10.5 Å². The van der Waals surface area contributed by atoms with Crippen LogP contribution in [-0.2, 0) is 0 Å². The highest BCUT2D eigenvalue weighted by atomic mass is 32.2. The van der Waals surface area contributed by atoms with Crippen LogP contribution in [0.15, 0.2) is 24.3 Å². The summed E-state index contributed by atoms with van der Waals surface area (Å²) in [6.07, 6.45) is 0. The van der Waals surface area contributed by atoms with Crippen LogP contribution in [0.5, 0.6) is 5.75 Å². The Bertz CT molecular complexity index is 265. The second-order valence-corrected chi connectivity index (χ2v) is 4.29. The molecule has 0 saturated carbocycles. The second kappa shape index (κ2) is 6.74. The Morgan fingerprint density at radius 3 is 2.93 bits per heavy atom. The van der Waals surface area contributed by atoms with Gasteiger partial charge >= 0.3 is 0 Å². The molecule has 0 spiro atoms. The van der Waals surface area contributed by atoms with E-state index in [1.807, 2.05) is 30.0 Å². The Hall–Kier alpha value is -0.670. The highest BCUT2D eigenvalue weighted by Crippen LogP contribution is 2.12. The molecule has 1 aromatic rings. The van der Waals surface area contributed by atoms with E-state index in [-0.39, 0.29) is 0 Å². The van der Waals surface area contributed by atoms with Gasteiger partial charge in [-0.2, -0.15) is 11.8 Å². The van der Waals surface area contributed by atoms with Crippen LogP contribution in [0.4, 0.5) is 0 Å². The number of thioether (sulfide) groups is 1. The van der Waals surface area contributed by atoms with Crippen molar-refractivity contribution in [2.45, 2.75) is 6.92 Å². The molecule has 3 heteroatoms. The average molecular weight is 211 g/mol. The number of ether oxygens (including phenoxy) is 1. The number of hydrogen-bond acceptors (Lipinski definition) is 3. The average Bonchev–Trinajstić information content (AvgIpc) is 2.18. The third-order valence-electron chi connectivity index (χ3n) is 1.75. The molecule has 0 aromatic heterocycles. The third-order valence-corrected chi connectivity index (χ3v) is 2.73. The Morgan fingerprint density at radius 2 is 2.21 bits per heavy atom. The van der Waals surface area contributed by atoms with E-state index in [9.17, 15) is 0 Å².